The first kappa shape index (κ1) is 21.5. The highest BCUT2D eigenvalue weighted by atomic mass is 16.5. The zero-order valence-corrected chi connectivity index (χ0v) is 17.9. The van der Waals surface area contributed by atoms with Crippen LogP contribution < -0.4 is 10.1 Å². The summed E-state index contributed by atoms with van der Waals surface area (Å²) < 4.78 is 7.31. The van der Waals surface area contributed by atoms with Crippen LogP contribution in [0.5, 0.6) is 5.75 Å². The molecule has 0 aliphatic carbocycles. The first-order valence-electron chi connectivity index (χ1n) is 10.8. The fourth-order valence-corrected chi connectivity index (χ4v) is 3.82. The molecule has 8 nitrogen and oxygen atoms in total. The smallest absolute Gasteiger partial charge is 0.260 e. The van der Waals surface area contributed by atoms with Crippen molar-refractivity contribution in [3.05, 3.63) is 78.4 Å². The molecule has 2 aromatic carbocycles. The van der Waals surface area contributed by atoms with Crippen LogP contribution in [0.25, 0.3) is 0 Å². The SMILES string of the molecule is O=C(NCc1cccc(Cn2cncn2)c1)C1CCN(C(=O)COc2ccccc2)CC1. The number of ether oxygens (including phenoxy) is 1. The Bertz CT molecular complexity index is 1020. The number of nitrogens with one attached hydrogen (secondary N) is 1. The minimum absolute atomic E-state index is 0.0197. The Morgan fingerprint density at radius 1 is 1.03 bits per heavy atom. The van der Waals surface area contributed by atoms with Crippen LogP contribution in [0.15, 0.2) is 67.3 Å². The van der Waals surface area contributed by atoms with E-state index in [9.17, 15) is 9.59 Å². The summed E-state index contributed by atoms with van der Waals surface area (Å²) in [5, 5.41) is 7.17. The standard InChI is InChI=1S/C24H27N5O3/c30-23(16-32-22-7-2-1-3-8-22)28-11-9-21(10-12-28)24(31)26-14-19-5-4-6-20(13-19)15-29-18-25-17-27-29/h1-8,13,17-18,21H,9-12,14-16H2,(H,26,31). The minimum Gasteiger partial charge on any atom is -0.484 e. The zero-order valence-electron chi connectivity index (χ0n) is 17.9. The van der Waals surface area contributed by atoms with Crippen molar-refractivity contribution >= 4 is 11.8 Å². The van der Waals surface area contributed by atoms with Crippen molar-refractivity contribution in [1.29, 1.82) is 0 Å². The molecule has 0 spiro atoms. The second-order valence-corrected chi connectivity index (χ2v) is 7.89. The van der Waals surface area contributed by atoms with Gasteiger partial charge in [-0.2, -0.15) is 5.10 Å². The van der Waals surface area contributed by atoms with Crippen LogP contribution in [0.2, 0.25) is 0 Å². The van der Waals surface area contributed by atoms with Crippen molar-refractivity contribution in [2.24, 2.45) is 5.92 Å². The molecule has 4 rings (SSSR count). The summed E-state index contributed by atoms with van der Waals surface area (Å²) in [4.78, 5) is 30.8. The summed E-state index contributed by atoms with van der Waals surface area (Å²) in [6, 6.07) is 17.4. The number of carbonyl (C=O) groups excluding carboxylic acids is 2. The maximum atomic E-state index is 12.6. The average Bonchev–Trinajstić information content (AvgIpc) is 3.35. The van der Waals surface area contributed by atoms with E-state index in [1.54, 1.807) is 15.9 Å². The van der Waals surface area contributed by atoms with E-state index in [1.165, 1.54) is 6.33 Å². The van der Waals surface area contributed by atoms with Gasteiger partial charge in [-0.3, -0.25) is 9.59 Å². The van der Waals surface area contributed by atoms with E-state index in [1.807, 2.05) is 48.5 Å². The Labute approximate surface area is 187 Å². The van der Waals surface area contributed by atoms with Gasteiger partial charge in [0.25, 0.3) is 5.91 Å². The van der Waals surface area contributed by atoms with Crippen molar-refractivity contribution in [3.8, 4) is 5.75 Å². The molecule has 1 saturated heterocycles. The topological polar surface area (TPSA) is 89.4 Å². The van der Waals surface area contributed by atoms with Crippen LogP contribution in [-0.2, 0) is 22.7 Å². The summed E-state index contributed by atoms with van der Waals surface area (Å²) in [5.74, 6) is 0.601. The fourth-order valence-electron chi connectivity index (χ4n) is 3.82. The van der Waals surface area contributed by atoms with E-state index in [4.69, 9.17) is 4.74 Å². The van der Waals surface area contributed by atoms with Gasteiger partial charge in [0, 0.05) is 25.6 Å². The number of rotatable bonds is 8. The van der Waals surface area contributed by atoms with Gasteiger partial charge in [-0.15, -0.1) is 0 Å². The molecule has 2 heterocycles. The Kier molecular flexibility index (Phi) is 7.12. The quantitative estimate of drug-likeness (QED) is 0.589. The van der Waals surface area contributed by atoms with Crippen LogP contribution in [0.4, 0.5) is 0 Å². The summed E-state index contributed by atoms with van der Waals surface area (Å²) in [7, 11) is 0. The van der Waals surface area contributed by atoms with Gasteiger partial charge in [0.15, 0.2) is 6.61 Å². The summed E-state index contributed by atoms with van der Waals surface area (Å²) >= 11 is 0. The van der Waals surface area contributed by atoms with Gasteiger partial charge in [0.1, 0.15) is 18.4 Å². The molecule has 3 aromatic rings. The number of likely N-dealkylation sites (tertiary alicyclic amines) is 1. The van der Waals surface area contributed by atoms with Crippen molar-refractivity contribution in [2.75, 3.05) is 19.7 Å². The lowest BCUT2D eigenvalue weighted by atomic mass is 9.95. The number of para-hydroxylation sites is 1. The molecule has 1 N–H and O–H groups in total. The number of amides is 2. The van der Waals surface area contributed by atoms with E-state index in [0.717, 1.165) is 11.1 Å². The lowest BCUT2D eigenvalue weighted by Gasteiger charge is -2.31. The Balaban J connectivity index is 1.20. The predicted molar refractivity (Wildman–Crippen MR) is 119 cm³/mol. The molecule has 2 amide bonds. The average molecular weight is 434 g/mol. The summed E-state index contributed by atoms with van der Waals surface area (Å²) in [6.45, 7) is 2.28. The highest BCUT2D eigenvalue weighted by molar-refractivity contribution is 5.80. The third kappa shape index (κ3) is 5.94. The van der Waals surface area contributed by atoms with Gasteiger partial charge in [0.2, 0.25) is 5.91 Å². The number of carbonyl (C=O) groups is 2. The Hall–Kier alpha value is -3.68. The molecule has 1 fully saturated rings. The van der Waals surface area contributed by atoms with Crippen LogP contribution in [0.3, 0.4) is 0 Å². The molecule has 1 aromatic heterocycles. The highest BCUT2D eigenvalue weighted by Gasteiger charge is 2.27. The largest absolute Gasteiger partial charge is 0.484 e. The third-order valence-electron chi connectivity index (χ3n) is 5.59. The monoisotopic (exact) mass is 433 g/mol. The lowest BCUT2D eigenvalue weighted by molar-refractivity contribution is -0.137. The van der Waals surface area contributed by atoms with Crippen molar-refractivity contribution < 1.29 is 14.3 Å². The molecule has 0 atom stereocenters. The fraction of sp³-hybridized carbons (Fsp3) is 0.333. The number of piperidine rings is 1. The molecule has 32 heavy (non-hydrogen) atoms. The minimum atomic E-state index is -0.0765. The molecule has 1 aliphatic rings. The van der Waals surface area contributed by atoms with Crippen LogP contribution in [0, 0.1) is 5.92 Å². The Morgan fingerprint density at radius 3 is 2.56 bits per heavy atom. The lowest BCUT2D eigenvalue weighted by Crippen LogP contribution is -2.44. The highest BCUT2D eigenvalue weighted by Crippen LogP contribution is 2.18. The van der Waals surface area contributed by atoms with Gasteiger partial charge in [-0.05, 0) is 36.1 Å². The van der Waals surface area contributed by atoms with Gasteiger partial charge >= 0.3 is 0 Å². The van der Waals surface area contributed by atoms with E-state index in [2.05, 4.69) is 21.5 Å². The van der Waals surface area contributed by atoms with E-state index < -0.39 is 0 Å². The molecule has 0 unspecified atom stereocenters. The van der Waals surface area contributed by atoms with E-state index in [0.29, 0.717) is 44.8 Å². The zero-order chi connectivity index (χ0) is 22.2. The maximum Gasteiger partial charge on any atom is 0.260 e. The summed E-state index contributed by atoms with van der Waals surface area (Å²) in [5.41, 5.74) is 2.15. The molecule has 1 aliphatic heterocycles. The first-order chi connectivity index (χ1) is 15.7. The van der Waals surface area contributed by atoms with Crippen LogP contribution >= 0.6 is 0 Å². The predicted octanol–water partition coefficient (Wildman–Crippen LogP) is 2.26. The number of aromatic nitrogens is 3. The molecule has 0 bridgehead atoms. The van der Waals surface area contributed by atoms with Crippen molar-refractivity contribution in [1.82, 2.24) is 25.0 Å². The van der Waals surface area contributed by atoms with E-state index >= 15 is 0 Å². The van der Waals surface area contributed by atoms with E-state index in [-0.39, 0.29) is 24.3 Å². The maximum absolute atomic E-state index is 12.6. The third-order valence-corrected chi connectivity index (χ3v) is 5.59. The van der Waals surface area contributed by atoms with Gasteiger partial charge < -0.3 is 15.0 Å². The Morgan fingerprint density at radius 2 is 1.81 bits per heavy atom. The second-order valence-electron chi connectivity index (χ2n) is 7.89. The molecular formula is C24H27N5O3. The summed E-state index contributed by atoms with van der Waals surface area (Å²) in [6.07, 6.45) is 4.52. The molecule has 166 valence electrons. The van der Waals surface area contributed by atoms with Gasteiger partial charge in [0.05, 0.1) is 6.54 Å². The van der Waals surface area contributed by atoms with Crippen molar-refractivity contribution in [3.63, 3.8) is 0 Å². The van der Waals surface area contributed by atoms with Gasteiger partial charge in [-0.25, -0.2) is 9.67 Å². The van der Waals surface area contributed by atoms with Gasteiger partial charge in [-0.1, -0.05) is 42.5 Å². The molecule has 8 heteroatoms. The number of hydrogen-bond donors (Lipinski definition) is 1. The van der Waals surface area contributed by atoms with Crippen LogP contribution in [-0.4, -0.2) is 51.2 Å². The number of hydrogen-bond acceptors (Lipinski definition) is 5. The van der Waals surface area contributed by atoms with Crippen molar-refractivity contribution in [2.45, 2.75) is 25.9 Å². The molecular weight excluding hydrogens is 406 g/mol. The molecule has 0 radical (unpaired) electrons. The number of nitrogens with zero attached hydrogens (tertiary/aromatic N) is 4. The van der Waals surface area contributed by atoms with Crippen LogP contribution in [0.1, 0.15) is 24.0 Å². The normalized spacial score (nSPS) is 14.2. The first-order valence-corrected chi connectivity index (χ1v) is 10.8. The number of benzene rings is 2. The second kappa shape index (κ2) is 10.6. The molecule has 0 saturated carbocycles.